The maximum atomic E-state index is 12.6. The van der Waals surface area contributed by atoms with E-state index in [1.807, 2.05) is 20.8 Å². The lowest BCUT2D eigenvalue weighted by atomic mass is 10.2. The average molecular weight is 323 g/mol. The van der Waals surface area contributed by atoms with E-state index >= 15 is 0 Å². The van der Waals surface area contributed by atoms with Crippen molar-refractivity contribution in [2.45, 2.75) is 33.3 Å². The molecule has 0 atom stereocenters. The van der Waals surface area contributed by atoms with E-state index in [1.165, 1.54) is 4.68 Å². The number of nitrogen functional groups attached to an aromatic ring is 1. The zero-order chi connectivity index (χ0) is 17.4. The Kier molecular flexibility index (Phi) is 4.53. The van der Waals surface area contributed by atoms with Crippen molar-refractivity contribution >= 4 is 17.7 Å². The van der Waals surface area contributed by atoms with E-state index in [0.29, 0.717) is 43.3 Å². The highest BCUT2D eigenvalue weighted by molar-refractivity contribution is 5.98. The van der Waals surface area contributed by atoms with Crippen molar-refractivity contribution in [2.24, 2.45) is 7.05 Å². The van der Waals surface area contributed by atoms with Crippen LogP contribution in [-0.2, 0) is 11.8 Å². The molecule has 2 rings (SSSR count). The second-order valence-electron chi connectivity index (χ2n) is 6.73. The molecule has 0 unspecified atom stereocenters. The number of anilines is 1. The molecule has 23 heavy (non-hydrogen) atoms. The maximum absolute atomic E-state index is 12.6. The number of piperazine rings is 1. The van der Waals surface area contributed by atoms with Gasteiger partial charge in [-0.2, -0.15) is 5.10 Å². The fourth-order valence-electron chi connectivity index (χ4n) is 2.50. The first-order valence-electron chi connectivity index (χ1n) is 7.66. The van der Waals surface area contributed by atoms with Gasteiger partial charge in [-0.3, -0.25) is 9.48 Å². The van der Waals surface area contributed by atoms with Gasteiger partial charge in [0.2, 0.25) is 0 Å². The van der Waals surface area contributed by atoms with E-state index in [9.17, 15) is 9.59 Å². The molecule has 0 aromatic carbocycles. The summed E-state index contributed by atoms with van der Waals surface area (Å²) < 4.78 is 6.86. The molecule has 0 bridgehead atoms. The molecule has 1 aromatic heterocycles. The number of nitrogens with two attached hydrogens (primary N) is 1. The monoisotopic (exact) mass is 323 g/mol. The molecule has 1 aromatic rings. The van der Waals surface area contributed by atoms with Crippen LogP contribution in [0.5, 0.6) is 0 Å². The van der Waals surface area contributed by atoms with Gasteiger partial charge in [-0.25, -0.2) is 4.79 Å². The van der Waals surface area contributed by atoms with Crippen LogP contribution in [0.15, 0.2) is 0 Å². The van der Waals surface area contributed by atoms with Gasteiger partial charge < -0.3 is 20.3 Å². The van der Waals surface area contributed by atoms with E-state index in [4.69, 9.17) is 10.5 Å². The van der Waals surface area contributed by atoms with Gasteiger partial charge in [0.15, 0.2) is 0 Å². The predicted octanol–water partition coefficient (Wildman–Crippen LogP) is 1.00. The Morgan fingerprint density at radius 3 is 2.09 bits per heavy atom. The third-order valence-electron chi connectivity index (χ3n) is 3.69. The van der Waals surface area contributed by atoms with E-state index in [0.717, 1.165) is 0 Å². The first kappa shape index (κ1) is 17.1. The van der Waals surface area contributed by atoms with Crippen molar-refractivity contribution in [1.29, 1.82) is 0 Å². The van der Waals surface area contributed by atoms with Crippen LogP contribution in [0.25, 0.3) is 0 Å². The molecule has 2 heterocycles. The molecule has 2 amide bonds. The van der Waals surface area contributed by atoms with Crippen molar-refractivity contribution in [2.75, 3.05) is 31.9 Å². The zero-order valence-electron chi connectivity index (χ0n) is 14.4. The molecule has 0 saturated carbocycles. The summed E-state index contributed by atoms with van der Waals surface area (Å²) in [6.45, 7) is 9.04. The smallest absolute Gasteiger partial charge is 0.410 e. The molecular weight excluding hydrogens is 298 g/mol. The van der Waals surface area contributed by atoms with Gasteiger partial charge in [-0.1, -0.05) is 0 Å². The van der Waals surface area contributed by atoms with Gasteiger partial charge in [-0.15, -0.1) is 0 Å². The number of ether oxygens (including phenoxy) is 1. The fourth-order valence-corrected chi connectivity index (χ4v) is 2.50. The lowest BCUT2D eigenvalue weighted by Crippen LogP contribution is -2.52. The fraction of sp³-hybridized carbons (Fsp3) is 0.667. The topological polar surface area (TPSA) is 93.7 Å². The van der Waals surface area contributed by atoms with Crippen molar-refractivity contribution in [1.82, 2.24) is 19.6 Å². The Labute approximate surface area is 136 Å². The molecule has 0 aliphatic carbocycles. The SMILES string of the molecule is Cc1nn(C)c(C(=O)N2CCN(C(=O)OC(C)(C)C)CC2)c1N. The molecule has 128 valence electrons. The first-order valence-corrected chi connectivity index (χ1v) is 7.66. The molecule has 0 spiro atoms. The van der Waals surface area contributed by atoms with E-state index in [1.54, 1.807) is 23.8 Å². The van der Waals surface area contributed by atoms with E-state index < -0.39 is 5.60 Å². The largest absolute Gasteiger partial charge is 0.444 e. The number of carbonyl (C=O) groups is 2. The quantitative estimate of drug-likeness (QED) is 0.832. The molecule has 8 nitrogen and oxygen atoms in total. The maximum Gasteiger partial charge on any atom is 0.410 e. The molecule has 1 aliphatic heterocycles. The zero-order valence-corrected chi connectivity index (χ0v) is 14.4. The predicted molar refractivity (Wildman–Crippen MR) is 86.1 cm³/mol. The standard InChI is InChI=1S/C15H25N5O3/c1-10-11(16)12(18(5)17-10)13(21)19-6-8-20(9-7-19)14(22)23-15(2,3)4/h6-9,16H2,1-5H3. The minimum absolute atomic E-state index is 0.158. The number of aryl methyl sites for hydroxylation is 2. The van der Waals surface area contributed by atoms with Gasteiger partial charge >= 0.3 is 6.09 Å². The van der Waals surface area contributed by atoms with Crippen molar-refractivity contribution < 1.29 is 14.3 Å². The number of hydrogen-bond donors (Lipinski definition) is 1. The van der Waals surface area contributed by atoms with Crippen LogP contribution < -0.4 is 5.73 Å². The Morgan fingerprint density at radius 2 is 1.65 bits per heavy atom. The molecule has 1 saturated heterocycles. The van der Waals surface area contributed by atoms with Crippen molar-refractivity contribution in [3.8, 4) is 0 Å². The van der Waals surface area contributed by atoms with Gasteiger partial charge in [0.25, 0.3) is 5.91 Å². The minimum Gasteiger partial charge on any atom is -0.444 e. The summed E-state index contributed by atoms with van der Waals surface area (Å²) in [5, 5.41) is 4.17. The lowest BCUT2D eigenvalue weighted by molar-refractivity contribution is 0.0139. The van der Waals surface area contributed by atoms with Crippen LogP contribution in [0.3, 0.4) is 0 Å². The van der Waals surface area contributed by atoms with Gasteiger partial charge in [0.1, 0.15) is 11.3 Å². The summed E-state index contributed by atoms with van der Waals surface area (Å²) in [6.07, 6.45) is -0.347. The Bertz CT molecular complexity index is 609. The molecule has 0 radical (unpaired) electrons. The minimum atomic E-state index is -0.523. The average Bonchev–Trinajstić information content (AvgIpc) is 2.70. The third kappa shape index (κ3) is 3.75. The first-order chi connectivity index (χ1) is 10.6. The molecule has 1 aliphatic rings. The summed E-state index contributed by atoms with van der Waals surface area (Å²) in [4.78, 5) is 28.0. The van der Waals surface area contributed by atoms with E-state index in [-0.39, 0.29) is 12.0 Å². The summed E-state index contributed by atoms with van der Waals surface area (Å²) in [6, 6.07) is 0. The number of rotatable bonds is 1. The number of aromatic nitrogens is 2. The number of carbonyl (C=O) groups excluding carboxylic acids is 2. The molecule has 8 heteroatoms. The van der Waals surface area contributed by atoms with E-state index in [2.05, 4.69) is 5.10 Å². The van der Waals surface area contributed by atoms with Gasteiger partial charge in [-0.05, 0) is 27.7 Å². The second-order valence-corrected chi connectivity index (χ2v) is 6.73. The van der Waals surface area contributed by atoms with Gasteiger partial charge in [0.05, 0.1) is 11.4 Å². The lowest BCUT2D eigenvalue weighted by Gasteiger charge is -2.35. The summed E-state index contributed by atoms with van der Waals surface area (Å²) in [7, 11) is 1.70. The molecule has 2 N–H and O–H groups in total. The molecular formula is C15H25N5O3. The number of amides is 2. The van der Waals surface area contributed by atoms with Crippen LogP contribution in [-0.4, -0.2) is 63.4 Å². The number of nitrogens with zero attached hydrogens (tertiary/aromatic N) is 4. The van der Waals surface area contributed by atoms with Crippen LogP contribution in [0.2, 0.25) is 0 Å². The molecule has 1 fully saturated rings. The highest BCUT2D eigenvalue weighted by Crippen LogP contribution is 2.19. The summed E-state index contributed by atoms with van der Waals surface area (Å²) >= 11 is 0. The Balaban J connectivity index is 1.99. The van der Waals surface area contributed by atoms with Crippen molar-refractivity contribution in [3.63, 3.8) is 0 Å². The number of hydrogen-bond acceptors (Lipinski definition) is 5. The van der Waals surface area contributed by atoms with Crippen molar-refractivity contribution in [3.05, 3.63) is 11.4 Å². The Hall–Kier alpha value is -2.25. The third-order valence-corrected chi connectivity index (χ3v) is 3.69. The van der Waals surface area contributed by atoms with Crippen LogP contribution >= 0.6 is 0 Å². The second kappa shape index (κ2) is 6.10. The highest BCUT2D eigenvalue weighted by atomic mass is 16.6. The van der Waals surface area contributed by atoms with Crippen LogP contribution in [0.1, 0.15) is 37.0 Å². The van der Waals surface area contributed by atoms with Crippen LogP contribution in [0, 0.1) is 6.92 Å². The normalized spacial score (nSPS) is 15.7. The highest BCUT2D eigenvalue weighted by Gasteiger charge is 2.30. The van der Waals surface area contributed by atoms with Gasteiger partial charge in [0, 0.05) is 33.2 Å². The van der Waals surface area contributed by atoms with Crippen LogP contribution in [0.4, 0.5) is 10.5 Å². The summed E-state index contributed by atoms with van der Waals surface area (Å²) in [5.41, 5.74) is 6.87. The Morgan fingerprint density at radius 1 is 1.13 bits per heavy atom. The summed E-state index contributed by atoms with van der Waals surface area (Å²) in [5.74, 6) is -0.158.